The van der Waals surface area contributed by atoms with Gasteiger partial charge in [0, 0.05) is 0 Å². The van der Waals surface area contributed by atoms with Crippen molar-refractivity contribution in [1.29, 1.82) is 0 Å². The van der Waals surface area contributed by atoms with Crippen LogP contribution >= 0.6 is 0 Å². The van der Waals surface area contributed by atoms with Crippen molar-refractivity contribution in [2.45, 2.75) is 126 Å². The number of anilines is 4. The molecular weight excluding hydrogens is 617 g/mol. The molecule has 0 spiro atoms. The molecule has 0 saturated carbocycles. The number of rotatable bonds is 16. The van der Waals surface area contributed by atoms with E-state index in [0.29, 0.717) is 11.4 Å². The van der Waals surface area contributed by atoms with E-state index in [1.54, 1.807) is 12.1 Å². The van der Waals surface area contributed by atoms with Gasteiger partial charge >= 0.3 is 37.7 Å². The molecule has 2 atom stereocenters. The summed E-state index contributed by atoms with van der Waals surface area (Å²) < 4.78 is 66.0. The molecule has 13 heteroatoms. The van der Waals surface area contributed by atoms with Crippen LogP contribution in [0.4, 0.5) is 22.7 Å². The predicted molar refractivity (Wildman–Crippen MR) is 173 cm³/mol. The van der Waals surface area contributed by atoms with Crippen LogP contribution in [0, 0.1) is 0 Å². The van der Waals surface area contributed by atoms with E-state index in [1.807, 2.05) is 0 Å². The van der Waals surface area contributed by atoms with Crippen molar-refractivity contribution in [2.75, 3.05) is 21.3 Å². The van der Waals surface area contributed by atoms with Crippen LogP contribution in [0.15, 0.2) is 46.2 Å². The normalized spacial score (nSPS) is 16.7. The van der Waals surface area contributed by atoms with Gasteiger partial charge < -0.3 is 30.4 Å². The molecule has 2 aliphatic rings. The Morgan fingerprint density at radius 2 is 0.860 bits per heavy atom. The van der Waals surface area contributed by atoms with Crippen LogP contribution in [0.3, 0.4) is 0 Å². The SMILES string of the molecule is CCCCCCCCC1Nc2ccc(S(=O)(=O)[O-])cc2N1.CCCCCCCCC1Nc2ccc(S(=O)(=O)[O-])cc2N1.[Ca+2]. The van der Waals surface area contributed by atoms with Crippen LogP contribution < -0.4 is 21.3 Å². The third-order valence-electron chi connectivity index (χ3n) is 7.57. The molecule has 4 rings (SSSR count). The minimum atomic E-state index is -4.39. The first kappa shape index (κ1) is 37.9. The maximum atomic E-state index is 11.0. The first-order valence-electron chi connectivity index (χ1n) is 15.3. The Labute approximate surface area is 288 Å². The van der Waals surface area contributed by atoms with Gasteiger partial charge in [-0.25, -0.2) is 16.8 Å². The molecular formula is C30H46CaN4O6S2. The molecule has 2 aliphatic heterocycles. The summed E-state index contributed by atoms with van der Waals surface area (Å²) in [5.41, 5.74) is 3.11. The quantitative estimate of drug-likeness (QED) is 0.0872. The van der Waals surface area contributed by atoms with Gasteiger partial charge in [0.2, 0.25) is 0 Å². The number of hydrogen-bond donors (Lipinski definition) is 4. The maximum absolute atomic E-state index is 11.0. The molecule has 10 nitrogen and oxygen atoms in total. The van der Waals surface area contributed by atoms with Gasteiger partial charge in [0.05, 0.1) is 44.9 Å². The number of unbranched alkanes of at least 4 members (excludes halogenated alkanes) is 10. The number of fused-ring (bicyclic) bond motifs is 2. The van der Waals surface area contributed by atoms with E-state index in [1.165, 1.54) is 88.5 Å². The fourth-order valence-corrected chi connectivity index (χ4v) is 6.21. The van der Waals surface area contributed by atoms with Gasteiger partial charge in [-0.05, 0) is 62.1 Å². The van der Waals surface area contributed by atoms with E-state index < -0.39 is 20.2 Å². The summed E-state index contributed by atoms with van der Waals surface area (Å²) in [5.74, 6) is 0. The van der Waals surface area contributed by atoms with Gasteiger partial charge in [-0.1, -0.05) is 78.1 Å². The van der Waals surface area contributed by atoms with Crippen molar-refractivity contribution in [3.63, 3.8) is 0 Å². The molecule has 0 fully saturated rings. The Morgan fingerprint density at radius 3 is 1.21 bits per heavy atom. The molecule has 2 aromatic rings. The van der Waals surface area contributed by atoms with Crippen LogP contribution in [0.5, 0.6) is 0 Å². The molecule has 0 amide bonds. The molecule has 2 unspecified atom stereocenters. The smallest absolute Gasteiger partial charge is 0.744 e. The molecule has 0 aliphatic carbocycles. The van der Waals surface area contributed by atoms with Gasteiger partial charge in [-0.3, -0.25) is 0 Å². The van der Waals surface area contributed by atoms with Crippen LogP contribution in [-0.4, -0.2) is 76.0 Å². The summed E-state index contributed by atoms with van der Waals surface area (Å²) in [4.78, 5) is -0.369. The average molecular weight is 663 g/mol. The Morgan fingerprint density at radius 1 is 0.535 bits per heavy atom. The van der Waals surface area contributed by atoms with Crippen LogP contribution in [0.1, 0.15) is 104 Å². The van der Waals surface area contributed by atoms with E-state index >= 15 is 0 Å². The van der Waals surface area contributed by atoms with E-state index in [-0.39, 0.29) is 59.9 Å². The van der Waals surface area contributed by atoms with Crippen LogP contribution in [-0.2, 0) is 20.2 Å². The average Bonchev–Trinajstić information content (AvgIpc) is 3.54. The predicted octanol–water partition coefficient (Wildman–Crippen LogP) is 6.63. The first-order valence-corrected chi connectivity index (χ1v) is 18.1. The monoisotopic (exact) mass is 662 g/mol. The second-order valence-corrected chi connectivity index (χ2v) is 13.9. The Balaban J connectivity index is 0.000000293. The number of hydrogen-bond acceptors (Lipinski definition) is 10. The summed E-state index contributed by atoms with van der Waals surface area (Å²) in [6.07, 6.45) is 17.2. The zero-order valence-electron chi connectivity index (χ0n) is 25.5. The molecule has 0 bridgehead atoms. The van der Waals surface area contributed by atoms with E-state index in [9.17, 15) is 25.9 Å². The summed E-state index contributed by atoms with van der Waals surface area (Å²) in [5, 5.41) is 13.1. The van der Waals surface area contributed by atoms with Crippen molar-refractivity contribution in [3.05, 3.63) is 36.4 Å². The third-order valence-corrected chi connectivity index (χ3v) is 9.23. The van der Waals surface area contributed by atoms with Gasteiger partial charge in [-0.2, -0.15) is 0 Å². The zero-order chi connectivity index (χ0) is 30.6. The van der Waals surface area contributed by atoms with Crippen molar-refractivity contribution in [2.24, 2.45) is 0 Å². The molecule has 0 aromatic heterocycles. The largest absolute Gasteiger partial charge is 2.00 e. The minimum Gasteiger partial charge on any atom is -0.744 e. The Hall–Kier alpha value is -1.28. The number of nitrogens with one attached hydrogen (secondary N) is 4. The van der Waals surface area contributed by atoms with Gasteiger partial charge in [0.25, 0.3) is 0 Å². The molecule has 4 N–H and O–H groups in total. The summed E-state index contributed by atoms with van der Waals surface area (Å²) in [6, 6.07) is 8.81. The summed E-state index contributed by atoms with van der Waals surface area (Å²) in [6.45, 7) is 4.42. The fourth-order valence-electron chi connectivity index (χ4n) is 5.22. The van der Waals surface area contributed by atoms with Crippen molar-refractivity contribution in [3.8, 4) is 0 Å². The van der Waals surface area contributed by atoms with Crippen molar-refractivity contribution >= 4 is 80.7 Å². The molecule has 236 valence electrons. The van der Waals surface area contributed by atoms with E-state index in [0.717, 1.165) is 37.1 Å². The fraction of sp³-hybridized carbons (Fsp3) is 0.600. The van der Waals surface area contributed by atoms with Crippen LogP contribution in [0.2, 0.25) is 0 Å². The second-order valence-electron chi connectivity index (χ2n) is 11.1. The van der Waals surface area contributed by atoms with E-state index in [4.69, 9.17) is 0 Å². The van der Waals surface area contributed by atoms with Gasteiger partial charge in [-0.15, -0.1) is 0 Å². The summed E-state index contributed by atoms with van der Waals surface area (Å²) in [7, 11) is -8.78. The molecule has 2 heterocycles. The zero-order valence-corrected chi connectivity index (χ0v) is 29.3. The second kappa shape index (κ2) is 18.6. The third kappa shape index (κ3) is 12.9. The van der Waals surface area contributed by atoms with Crippen molar-refractivity contribution < 1.29 is 25.9 Å². The molecule has 0 saturated heterocycles. The van der Waals surface area contributed by atoms with E-state index in [2.05, 4.69) is 35.1 Å². The van der Waals surface area contributed by atoms with Crippen molar-refractivity contribution in [1.82, 2.24) is 0 Å². The number of benzene rings is 2. The minimum absolute atomic E-state index is 0. The Kier molecular flexibility index (Phi) is 16.4. The van der Waals surface area contributed by atoms with Gasteiger partial charge in [0.15, 0.2) is 0 Å². The Bertz CT molecular complexity index is 1250. The molecule has 0 radical (unpaired) electrons. The topological polar surface area (TPSA) is 163 Å². The maximum Gasteiger partial charge on any atom is 2.00 e. The molecule has 2 aromatic carbocycles. The standard InChI is InChI=1S/2C15H24N2O3S.Ca/c2*1-2-3-4-5-6-7-8-15-16-13-10-9-12(21(18,19)20)11-14(13)17-15;/h2*9-11,15-17H,2-8H2,1H3,(H,18,19,20);/q;;+2/p-2. The first-order chi connectivity index (χ1) is 20.0. The van der Waals surface area contributed by atoms with Crippen LogP contribution in [0.25, 0.3) is 0 Å². The summed E-state index contributed by atoms with van der Waals surface area (Å²) >= 11 is 0. The molecule has 43 heavy (non-hydrogen) atoms. The van der Waals surface area contributed by atoms with Gasteiger partial charge in [0.1, 0.15) is 20.2 Å².